The summed E-state index contributed by atoms with van der Waals surface area (Å²) in [5, 5.41) is 0.142. The van der Waals surface area contributed by atoms with Gasteiger partial charge in [-0.25, -0.2) is 0 Å². The molecule has 1 rings (SSSR count). The van der Waals surface area contributed by atoms with E-state index in [9.17, 15) is 18.4 Å². The number of carbonyl (C=O) groups excluding carboxylic acids is 2. The molecule has 0 saturated heterocycles. The first kappa shape index (κ1) is 12.0. The third-order valence-corrected chi connectivity index (χ3v) is 3.72. The number of benzene rings is 1. The van der Waals surface area contributed by atoms with Crippen LogP contribution in [0.1, 0.15) is 17.3 Å². The molecule has 0 unspecified atom stereocenters. The van der Waals surface area contributed by atoms with Crippen LogP contribution < -0.4 is 0 Å². The molecule has 0 aliphatic carbocycles. The summed E-state index contributed by atoms with van der Waals surface area (Å²) >= 11 is -0.607. The van der Waals surface area contributed by atoms with Gasteiger partial charge >= 0.3 is 91.4 Å². The van der Waals surface area contributed by atoms with E-state index in [1.165, 1.54) is 6.92 Å². The number of hydrogen-bond acceptors (Lipinski definition) is 2. The van der Waals surface area contributed by atoms with Gasteiger partial charge in [-0.2, -0.15) is 0 Å². The molecule has 0 aliphatic rings. The van der Waals surface area contributed by atoms with Crippen LogP contribution in [0.5, 0.6) is 0 Å². The first-order chi connectivity index (χ1) is 7.00. The number of rotatable bonds is 4. The predicted octanol–water partition coefficient (Wildman–Crippen LogP) is 1.82. The van der Waals surface area contributed by atoms with E-state index in [2.05, 4.69) is 0 Å². The van der Waals surface area contributed by atoms with Gasteiger partial charge in [0.05, 0.1) is 0 Å². The molecule has 0 bridgehead atoms. The first-order valence-corrected chi connectivity index (χ1v) is 6.19. The van der Waals surface area contributed by atoms with E-state index in [1.807, 2.05) is 0 Å². The van der Waals surface area contributed by atoms with Crippen LogP contribution in [-0.4, -0.2) is 25.4 Å². The molecule has 1 aromatic carbocycles. The number of Topliss-reactive ketones (excluding diaryl/α,β-unsaturated/α-hetero) is 1. The maximum absolute atomic E-state index is 13.1. The van der Waals surface area contributed by atoms with Gasteiger partial charge in [0, 0.05) is 0 Å². The van der Waals surface area contributed by atoms with Crippen LogP contribution in [0.15, 0.2) is 18.2 Å². The van der Waals surface area contributed by atoms with Gasteiger partial charge in [0.1, 0.15) is 0 Å². The molecular weight excluding hydrogens is 269 g/mol. The van der Waals surface area contributed by atoms with Gasteiger partial charge in [-0.1, -0.05) is 0 Å². The predicted molar refractivity (Wildman–Crippen MR) is 51.9 cm³/mol. The van der Waals surface area contributed by atoms with Gasteiger partial charge in [0.15, 0.2) is 0 Å². The van der Waals surface area contributed by atoms with E-state index >= 15 is 0 Å². The average molecular weight is 277 g/mol. The van der Waals surface area contributed by atoms with Crippen LogP contribution >= 0.6 is 0 Å². The molecule has 0 aliphatic heterocycles. The van der Waals surface area contributed by atoms with Crippen molar-refractivity contribution < 1.29 is 18.4 Å². The van der Waals surface area contributed by atoms with Crippen molar-refractivity contribution in [2.75, 3.05) is 0 Å². The fourth-order valence-electron chi connectivity index (χ4n) is 0.900. The van der Waals surface area contributed by atoms with Gasteiger partial charge in [0.25, 0.3) is 0 Å². The molecule has 5 heteroatoms. The number of halogens is 2. The Morgan fingerprint density at radius 3 is 2.53 bits per heavy atom. The molecule has 80 valence electrons. The quantitative estimate of drug-likeness (QED) is 0.787. The van der Waals surface area contributed by atoms with Crippen LogP contribution in [0.25, 0.3) is 0 Å². The summed E-state index contributed by atoms with van der Waals surface area (Å²) in [7, 11) is 0. The summed E-state index contributed by atoms with van der Waals surface area (Å²) in [6.07, 6.45) is 0. The standard InChI is InChI=1S/C10H8F2O2Se/c1-6(13)5-15-10(14)8-3-2-7(11)4-9(8)12/h2-4H,5H2,1H3. The fourth-order valence-corrected chi connectivity index (χ4v) is 2.28. The molecule has 0 heterocycles. The Hall–Kier alpha value is -1.06. The summed E-state index contributed by atoms with van der Waals surface area (Å²) in [5.41, 5.74) is -0.141. The zero-order chi connectivity index (χ0) is 11.4. The number of hydrogen-bond donors (Lipinski definition) is 0. The zero-order valence-electron chi connectivity index (χ0n) is 7.92. The summed E-state index contributed by atoms with van der Waals surface area (Å²) in [4.78, 5) is 22.0. The van der Waals surface area contributed by atoms with E-state index in [0.29, 0.717) is 6.07 Å². The molecule has 15 heavy (non-hydrogen) atoms. The molecular formula is C10H8F2O2Se. The van der Waals surface area contributed by atoms with Crippen molar-refractivity contribution in [3.63, 3.8) is 0 Å². The Labute approximate surface area is 91.8 Å². The second-order valence-electron chi connectivity index (χ2n) is 2.90. The number of ketones is 1. The van der Waals surface area contributed by atoms with E-state index in [1.54, 1.807) is 0 Å². The monoisotopic (exact) mass is 278 g/mol. The van der Waals surface area contributed by atoms with Crippen LogP contribution in [-0.2, 0) is 4.79 Å². The maximum atomic E-state index is 13.1. The van der Waals surface area contributed by atoms with Crippen molar-refractivity contribution in [3.8, 4) is 0 Å². The van der Waals surface area contributed by atoms with Crippen LogP contribution in [0, 0.1) is 11.6 Å². The van der Waals surface area contributed by atoms with E-state index in [0.717, 1.165) is 12.1 Å². The fraction of sp³-hybridized carbons (Fsp3) is 0.200. The zero-order valence-corrected chi connectivity index (χ0v) is 9.63. The minimum atomic E-state index is -0.870. The molecule has 0 fully saturated rings. The van der Waals surface area contributed by atoms with Crippen molar-refractivity contribution in [3.05, 3.63) is 35.4 Å². The molecule has 0 aromatic heterocycles. The Balaban J connectivity index is 2.78. The summed E-state index contributed by atoms with van der Waals surface area (Å²) in [6, 6.07) is 2.80. The van der Waals surface area contributed by atoms with Gasteiger partial charge < -0.3 is 0 Å². The molecule has 2 nitrogen and oxygen atoms in total. The minimum absolute atomic E-state index is 0.106. The van der Waals surface area contributed by atoms with Crippen molar-refractivity contribution in [2.24, 2.45) is 0 Å². The van der Waals surface area contributed by atoms with Crippen molar-refractivity contribution in [1.29, 1.82) is 0 Å². The van der Waals surface area contributed by atoms with Gasteiger partial charge in [0.2, 0.25) is 0 Å². The van der Waals surface area contributed by atoms with E-state index < -0.39 is 31.3 Å². The summed E-state index contributed by atoms with van der Waals surface area (Å²) in [5.74, 6) is -1.69. The molecule has 0 saturated carbocycles. The van der Waals surface area contributed by atoms with Crippen LogP contribution in [0.2, 0.25) is 5.32 Å². The van der Waals surface area contributed by atoms with Crippen LogP contribution in [0.4, 0.5) is 8.78 Å². The normalized spacial score (nSPS) is 10.1. The van der Waals surface area contributed by atoms with Gasteiger partial charge in [-0.05, 0) is 0 Å². The first-order valence-electron chi connectivity index (χ1n) is 4.12. The Morgan fingerprint density at radius 1 is 1.33 bits per heavy atom. The van der Waals surface area contributed by atoms with Crippen molar-refractivity contribution in [1.82, 2.24) is 0 Å². The topological polar surface area (TPSA) is 34.1 Å². The molecule has 1 aromatic rings. The second-order valence-corrected chi connectivity index (χ2v) is 4.89. The third-order valence-electron chi connectivity index (χ3n) is 1.56. The Bertz CT molecular complexity index is 404. The Morgan fingerprint density at radius 2 is 2.00 bits per heavy atom. The second kappa shape index (κ2) is 5.14. The van der Waals surface area contributed by atoms with Gasteiger partial charge in [-0.3, -0.25) is 0 Å². The molecule has 0 atom stereocenters. The molecule has 0 amide bonds. The molecule has 0 spiro atoms. The van der Waals surface area contributed by atoms with Crippen molar-refractivity contribution in [2.45, 2.75) is 12.2 Å². The van der Waals surface area contributed by atoms with Crippen LogP contribution in [0.3, 0.4) is 0 Å². The van der Waals surface area contributed by atoms with E-state index in [4.69, 9.17) is 0 Å². The number of carbonyl (C=O) groups is 2. The van der Waals surface area contributed by atoms with Gasteiger partial charge in [-0.15, -0.1) is 0 Å². The summed E-state index contributed by atoms with van der Waals surface area (Å²) < 4.78 is 25.2. The molecule has 0 radical (unpaired) electrons. The molecule has 0 N–H and O–H groups in total. The SMILES string of the molecule is CC(=O)C[Se]C(=O)c1ccc(F)cc1F. The average Bonchev–Trinajstić information content (AvgIpc) is 2.14. The third kappa shape index (κ3) is 3.53. The Kier molecular flexibility index (Phi) is 4.12. The van der Waals surface area contributed by atoms with Crippen molar-refractivity contribution >= 4 is 25.4 Å². The van der Waals surface area contributed by atoms with E-state index in [-0.39, 0.29) is 16.7 Å². The summed E-state index contributed by atoms with van der Waals surface area (Å²) in [6.45, 7) is 1.37.